The van der Waals surface area contributed by atoms with Gasteiger partial charge in [0.15, 0.2) is 0 Å². The van der Waals surface area contributed by atoms with Crippen molar-refractivity contribution in [2.45, 2.75) is 71.2 Å². The number of thiazole rings is 1. The minimum atomic E-state index is -0.595. The minimum Gasteiger partial charge on any atom is -0.447 e. The zero-order valence-corrected chi connectivity index (χ0v) is 18.1. The van der Waals surface area contributed by atoms with Crippen molar-refractivity contribution in [2.24, 2.45) is 0 Å². The lowest BCUT2D eigenvalue weighted by Gasteiger charge is -2.39. The SMILES string of the molecule is CC(C)OC(=O)N[C@@H]1CCC(c2ncc(Br)s2)N(C(=O)OC(C)(C)C)C1. The van der Waals surface area contributed by atoms with Crippen molar-refractivity contribution in [2.75, 3.05) is 6.54 Å². The van der Waals surface area contributed by atoms with Crippen LogP contribution in [0.5, 0.6) is 0 Å². The summed E-state index contributed by atoms with van der Waals surface area (Å²) >= 11 is 4.92. The minimum absolute atomic E-state index is 0.166. The fourth-order valence-corrected chi connectivity index (χ4v) is 4.10. The molecule has 2 rings (SSSR count). The zero-order valence-electron chi connectivity index (χ0n) is 15.7. The average molecular weight is 448 g/mol. The summed E-state index contributed by atoms with van der Waals surface area (Å²) in [7, 11) is 0. The molecule has 1 aliphatic heterocycles. The molecule has 0 saturated carbocycles. The lowest BCUT2D eigenvalue weighted by atomic mass is 9.99. The molecule has 2 atom stereocenters. The van der Waals surface area contributed by atoms with Crippen LogP contribution in [-0.2, 0) is 9.47 Å². The third-order valence-electron chi connectivity index (χ3n) is 3.66. The van der Waals surface area contributed by atoms with Crippen LogP contribution in [0.4, 0.5) is 9.59 Å². The van der Waals surface area contributed by atoms with E-state index in [9.17, 15) is 9.59 Å². The molecule has 0 bridgehead atoms. The maximum absolute atomic E-state index is 12.7. The number of hydrogen-bond donors (Lipinski definition) is 1. The van der Waals surface area contributed by atoms with Crippen LogP contribution < -0.4 is 5.32 Å². The Morgan fingerprint density at radius 1 is 1.38 bits per heavy atom. The number of ether oxygens (including phenoxy) is 2. The van der Waals surface area contributed by atoms with Gasteiger partial charge in [0.25, 0.3) is 0 Å². The highest BCUT2D eigenvalue weighted by Gasteiger charge is 2.37. The van der Waals surface area contributed by atoms with Crippen LogP contribution in [0.25, 0.3) is 0 Å². The number of carbonyl (C=O) groups excluding carboxylic acids is 2. The van der Waals surface area contributed by atoms with E-state index < -0.39 is 17.8 Å². The van der Waals surface area contributed by atoms with Crippen molar-refractivity contribution in [1.29, 1.82) is 0 Å². The molecule has 1 aliphatic rings. The zero-order chi connectivity index (χ0) is 19.5. The highest BCUT2D eigenvalue weighted by molar-refractivity contribution is 9.11. The molecule has 1 saturated heterocycles. The number of rotatable bonds is 3. The Morgan fingerprint density at radius 2 is 2.08 bits per heavy atom. The molecular weight excluding hydrogens is 422 g/mol. The van der Waals surface area contributed by atoms with Gasteiger partial charge in [0, 0.05) is 6.54 Å². The fraction of sp³-hybridized carbons (Fsp3) is 0.706. The van der Waals surface area contributed by atoms with Gasteiger partial charge in [0.1, 0.15) is 10.6 Å². The predicted octanol–water partition coefficient (Wildman–Crippen LogP) is 4.48. The van der Waals surface area contributed by atoms with Crippen LogP contribution in [0, 0.1) is 0 Å². The lowest BCUT2D eigenvalue weighted by molar-refractivity contribution is 0.00491. The van der Waals surface area contributed by atoms with Crippen molar-refractivity contribution in [3.63, 3.8) is 0 Å². The first kappa shape index (κ1) is 21.0. The predicted molar refractivity (Wildman–Crippen MR) is 103 cm³/mol. The summed E-state index contributed by atoms with van der Waals surface area (Å²) in [5.41, 5.74) is -0.595. The quantitative estimate of drug-likeness (QED) is 0.738. The van der Waals surface area contributed by atoms with E-state index in [2.05, 4.69) is 26.2 Å². The summed E-state index contributed by atoms with van der Waals surface area (Å²) in [6, 6.07) is -0.353. The number of carbonyl (C=O) groups is 2. The second-order valence-electron chi connectivity index (χ2n) is 7.52. The second-order valence-corrected chi connectivity index (χ2v) is 9.97. The van der Waals surface area contributed by atoms with E-state index >= 15 is 0 Å². The Hall–Kier alpha value is -1.35. The summed E-state index contributed by atoms with van der Waals surface area (Å²) in [4.78, 5) is 30.7. The molecule has 26 heavy (non-hydrogen) atoms. The average Bonchev–Trinajstić information content (AvgIpc) is 2.91. The number of piperidine rings is 1. The lowest BCUT2D eigenvalue weighted by Crippen LogP contribution is -2.52. The summed E-state index contributed by atoms with van der Waals surface area (Å²) in [6.45, 7) is 9.44. The van der Waals surface area contributed by atoms with Crippen molar-refractivity contribution in [3.8, 4) is 0 Å². The topological polar surface area (TPSA) is 80.8 Å². The Balaban J connectivity index is 2.13. The van der Waals surface area contributed by atoms with Crippen molar-refractivity contribution in [3.05, 3.63) is 15.0 Å². The van der Waals surface area contributed by atoms with Crippen molar-refractivity contribution < 1.29 is 19.1 Å². The van der Waals surface area contributed by atoms with Crippen LogP contribution >= 0.6 is 27.3 Å². The number of halogens is 1. The van der Waals surface area contributed by atoms with E-state index in [-0.39, 0.29) is 18.2 Å². The van der Waals surface area contributed by atoms with E-state index in [1.807, 2.05) is 20.8 Å². The molecule has 1 unspecified atom stereocenters. The highest BCUT2D eigenvalue weighted by atomic mass is 79.9. The maximum Gasteiger partial charge on any atom is 0.410 e. The normalized spacial score (nSPS) is 20.8. The van der Waals surface area contributed by atoms with Crippen LogP contribution in [0.1, 0.15) is 58.5 Å². The first-order chi connectivity index (χ1) is 12.0. The standard InChI is InChI=1S/C17H26BrN3O4S/c1-10(2)24-15(22)20-11-6-7-12(14-19-8-13(18)26-14)21(9-11)16(23)25-17(3,4)5/h8,10-12H,6-7,9H2,1-5H3,(H,20,22)/t11-,12?/m1/s1. The molecule has 0 spiro atoms. The highest BCUT2D eigenvalue weighted by Crippen LogP contribution is 2.35. The van der Waals surface area contributed by atoms with Crippen LogP contribution in [0.3, 0.4) is 0 Å². The number of aromatic nitrogens is 1. The molecule has 0 aromatic carbocycles. The van der Waals surface area contributed by atoms with Gasteiger partial charge < -0.3 is 14.8 Å². The Kier molecular flexibility index (Phi) is 6.90. The molecular formula is C17H26BrN3O4S. The summed E-state index contributed by atoms with van der Waals surface area (Å²) in [5.74, 6) is 0. The van der Waals surface area contributed by atoms with Gasteiger partial charge in [0.2, 0.25) is 0 Å². The smallest absolute Gasteiger partial charge is 0.410 e. The molecule has 2 heterocycles. The summed E-state index contributed by atoms with van der Waals surface area (Å²) in [5, 5.41) is 3.69. The van der Waals surface area contributed by atoms with Gasteiger partial charge >= 0.3 is 12.2 Å². The van der Waals surface area contributed by atoms with E-state index in [0.29, 0.717) is 13.0 Å². The number of amides is 2. The van der Waals surface area contributed by atoms with Gasteiger partial charge in [-0.05, 0) is 63.4 Å². The molecule has 0 aliphatic carbocycles. The number of likely N-dealkylation sites (tertiary alicyclic amines) is 1. The van der Waals surface area contributed by atoms with E-state index in [1.54, 1.807) is 24.9 Å². The first-order valence-corrected chi connectivity index (χ1v) is 10.2. The van der Waals surface area contributed by atoms with Crippen LogP contribution in [0.15, 0.2) is 9.98 Å². The molecule has 1 N–H and O–H groups in total. The monoisotopic (exact) mass is 447 g/mol. The third kappa shape index (κ3) is 6.12. The van der Waals surface area contributed by atoms with E-state index in [0.717, 1.165) is 15.2 Å². The van der Waals surface area contributed by atoms with Crippen LogP contribution in [-0.4, -0.2) is 46.4 Å². The number of hydrogen-bond acceptors (Lipinski definition) is 6. The van der Waals surface area contributed by atoms with Gasteiger partial charge in [-0.15, -0.1) is 11.3 Å². The Bertz CT molecular complexity index is 644. The molecule has 9 heteroatoms. The van der Waals surface area contributed by atoms with E-state index in [4.69, 9.17) is 9.47 Å². The third-order valence-corrected chi connectivity index (χ3v) is 5.23. The molecule has 0 radical (unpaired) electrons. The van der Waals surface area contributed by atoms with Crippen molar-refractivity contribution in [1.82, 2.24) is 15.2 Å². The first-order valence-electron chi connectivity index (χ1n) is 8.63. The van der Waals surface area contributed by atoms with Crippen molar-refractivity contribution >= 4 is 39.5 Å². The maximum atomic E-state index is 12.7. The second kappa shape index (κ2) is 8.56. The fourth-order valence-electron chi connectivity index (χ4n) is 2.70. The number of nitrogens with one attached hydrogen (secondary N) is 1. The number of nitrogens with zero attached hydrogens (tertiary/aromatic N) is 2. The molecule has 7 nitrogen and oxygen atoms in total. The molecule has 146 valence electrons. The molecule has 1 aromatic rings. The van der Waals surface area contributed by atoms with Gasteiger partial charge in [-0.2, -0.15) is 0 Å². The summed E-state index contributed by atoms with van der Waals surface area (Å²) < 4.78 is 11.6. The van der Waals surface area contributed by atoms with Gasteiger partial charge in [-0.25, -0.2) is 14.6 Å². The van der Waals surface area contributed by atoms with Gasteiger partial charge in [-0.1, -0.05) is 0 Å². The van der Waals surface area contributed by atoms with Gasteiger partial charge in [-0.3, -0.25) is 4.90 Å². The number of alkyl carbamates (subject to hydrolysis) is 1. The molecule has 2 amide bonds. The van der Waals surface area contributed by atoms with Gasteiger partial charge in [0.05, 0.1) is 28.2 Å². The molecule has 1 aromatic heterocycles. The Labute approximate surface area is 166 Å². The van der Waals surface area contributed by atoms with E-state index in [1.165, 1.54) is 11.3 Å². The Morgan fingerprint density at radius 3 is 2.62 bits per heavy atom. The van der Waals surface area contributed by atoms with Crippen LogP contribution in [0.2, 0.25) is 0 Å². The molecule has 1 fully saturated rings. The largest absolute Gasteiger partial charge is 0.447 e. The summed E-state index contributed by atoms with van der Waals surface area (Å²) in [6.07, 6.45) is 2.08.